The third-order valence-electron chi connectivity index (χ3n) is 4.56. The normalized spacial score (nSPS) is 14.9. The van der Waals surface area contributed by atoms with Crippen LogP contribution in [-0.2, 0) is 24.0 Å². The van der Waals surface area contributed by atoms with Crippen LogP contribution in [0.4, 0.5) is 0 Å². The van der Waals surface area contributed by atoms with Crippen LogP contribution in [0.2, 0.25) is 0 Å². The molecule has 7 N–H and O–H groups in total. The van der Waals surface area contributed by atoms with Gasteiger partial charge in [-0.05, 0) is 24.7 Å². The van der Waals surface area contributed by atoms with E-state index in [0.717, 1.165) is 0 Å². The molecule has 0 rings (SSSR count). The molecule has 0 radical (unpaired) electrons. The van der Waals surface area contributed by atoms with Crippen LogP contribution in [0.1, 0.15) is 53.4 Å². The van der Waals surface area contributed by atoms with Gasteiger partial charge in [-0.3, -0.25) is 19.2 Å². The highest BCUT2D eigenvalue weighted by molar-refractivity contribution is 5.92. The minimum Gasteiger partial charge on any atom is -0.481 e. The summed E-state index contributed by atoms with van der Waals surface area (Å²) < 4.78 is 0. The SMILES string of the molecule is CCC(C)C(NC(=O)CNC(=O)C(N)CCC(=O)O)C(=O)NC(CC(C)C)C(=O)O. The summed E-state index contributed by atoms with van der Waals surface area (Å²) in [6, 6.07) is -3.13. The molecule has 0 aromatic carbocycles. The molecule has 0 heterocycles. The average molecular weight is 431 g/mol. The van der Waals surface area contributed by atoms with Gasteiger partial charge < -0.3 is 31.9 Å². The number of amides is 3. The predicted octanol–water partition coefficient (Wildman–Crippen LogP) is -0.559. The first-order chi connectivity index (χ1) is 13.9. The Kier molecular flexibility index (Phi) is 12.3. The number of aliphatic carboxylic acids is 2. The van der Waals surface area contributed by atoms with Crippen LogP contribution in [0.5, 0.6) is 0 Å². The average Bonchev–Trinajstić information content (AvgIpc) is 2.66. The zero-order valence-corrected chi connectivity index (χ0v) is 17.9. The molecular formula is C19H34N4O7. The highest BCUT2D eigenvalue weighted by Gasteiger charge is 2.30. The van der Waals surface area contributed by atoms with E-state index in [1.807, 2.05) is 20.8 Å². The monoisotopic (exact) mass is 430 g/mol. The third kappa shape index (κ3) is 10.7. The van der Waals surface area contributed by atoms with E-state index < -0.39 is 54.3 Å². The van der Waals surface area contributed by atoms with Crippen molar-refractivity contribution >= 4 is 29.7 Å². The summed E-state index contributed by atoms with van der Waals surface area (Å²) in [6.45, 7) is 6.78. The lowest BCUT2D eigenvalue weighted by Crippen LogP contribution is -2.56. The number of nitrogens with one attached hydrogen (secondary N) is 3. The van der Waals surface area contributed by atoms with E-state index in [0.29, 0.717) is 6.42 Å². The maximum Gasteiger partial charge on any atom is 0.326 e. The van der Waals surface area contributed by atoms with Crippen LogP contribution in [0, 0.1) is 11.8 Å². The number of hydrogen-bond acceptors (Lipinski definition) is 6. The van der Waals surface area contributed by atoms with Crippen LogP contribution in [0.15, 0.2) is 0 Å². The van der Waals surface area contributed by atoms with Gasteiger partial charge in [0.05, 0.1) is 12.6 Å². The smallest absolute Gasteiger partial charge is 0.326 e. The zero-order valence-electron chi connectivity index (χ0n) is 17.9. The Morgan fingerprint density at radius 1 is 0.967 bits per heavy atom. The van der Waals surface area contributed by atoms with E-state index in [1.54, 1.807) is 6.92 Å². The molecule has 0 aliphatic heterocycles. The van der Waals surface area contributed by atoms with Crippen molar-refractivity contribution in [2.45, 2.75) is 71.5 Å². The third-order valence-corrected chi connectivity index (χ3v) is 4.56. The summed E-state index contributed by atoms with van der Waals surface area (Å²) in [4.78, 5) is 58.6. The molecule has 0 fully saturated rings. The molecule has 0 aliphatic carbocycles. The lowest BCUT2D eigenvalue weighted by Gasteiger charge is -2.26. The highest BCUT2D eigenvalue weighted by Crippen LogP contribution is 2.10. The summed E-state index contributed by atoms with van der Waals surface area (Å²) in [6.07, 6.45) is 0.435. The first kappa shape index (κ1) is 27.3. The van der Waals surface area contributed by atoms with E-state index in [-0.39, 0.29) is 31.1 Å². The largest absolute Gasteiger partial charge is 0.481 e. The van der Waals surface area contributed by atoms with E-state index in [2.05, 4.69) is 16.0 Å². The molecule has 0 saturated carbocycles. The number of carbonyl (C=O) groups is 5. The van der Waals surface area contributed by atoms with Gasteiger partial charge in [-0.25, -0.2) is 4.79 Å². The Hall–Kier alpha value is -2.69. The molecule has 30 heavy (non-hydrogen) atoms. The number of hydrogen-bond donors (Lipinski definition) is 6. The molecule has 0 aromatic rings. The van der Waals surface area contributed by atoms with E-state index in [1.165, 1.54) is 0 Å². The molecule has 11 heteroatoms. The van der Waals surface area contributed by atoms with Gasteiger partial charge in [-0.1, -0.05) is 34.1 Å². The van der Waals surface area contributed by atoms with E-state index in [4.69, 9.17) is 10.8 Å². The van der Waals surface area contributed by atoms with Gasteiger partial charge in [0.25, 0.3) is 0 Å². The molecule has 0 saturated heterocycles. The van der Waals surface area contributed by atoms with Crippen molar-refractivity contribution in [3.8, 4) is 0 Å². The molecule has 4 unspecified atom stereocenters. The van der Waals surface area contributed by atoms with Crippen molar-refractivity contribution in [2.24, 2.45) is 17.6 Å². The molecule has 0 aromatic heterocycles. The second-order valence-corrected chi connectivity index (χ2v) is 7.72. The zero-order chi connectivity index (χ0) is 23.4. The Balaban J connectivity index is 4.90. The standard InChI is InChI=1S/C19H34N4O7/c1-5-11(4)16(18(28)22-13(19(29)30)8-10(2)3)23-14(24)9-21-17(27)12(20)6-7-15(25)26/h10-13,16H,5-9,20H2,1-4H3,(H,21,27)(H,22,28)(H,23,24)(H,25,26)(H,29,30). The fraction of sp³-hybridized carbons (Fsp3) is 0.737. The second kappa shape index (κ2) is 13.5. The fourth-order valence-electron chi connectivity index (χ4n) is 2.59. The topological polar surface area (TPSA) is 188 Å². The van der Waals surface area contributed by atoms with Gasteiger partial charge in [-0.15, -0.1) is 0 Å². The van der Waals surface area contributed by atoms with Gasteiger partial charge in [-0.2, -0.15) is 0 Å². The minimum absolute atomic E-state index is 0.0450. The van der Waals surface area contributed by atoms with Gasteiger partial charge in [0.15, 0.2) is 0 Å². The van der Waals surface area contributed by atoms with Crippen molar-refractivity contribution in [1.29, 1.82) is 0 Å². The first-order valence-electron chi connectivity index (χ1n) is 9.96. The van der Waals surface area contributed by atoms with E-state index in [9.17, 15) is 29.1 Å². The highest BCUT2D eigenvalue weighted by atomic mass is 16.4. The van der Waals surface area contributed by atoms with Gasteiger partial charge in [0, 0.05) is 6.42 Å². The number of carbonyl (C=O) groups excluding carboxylic acids is 3. The second-order valence-electron chi connectivity index (χ2n) is 7.72. The minimum atomic E-state index is -1.16. The van der Waals surface area contributed by atoms with Crippen LogP contribution < -0.4 is 21.7 Å². The summed E-state index contributed by atoms with van der Waals surface area (Å²) in [5.74, 6) is -4.43. The fourth-order valence-corrected chi connectivity index (χ4v) is 2.59. The number of nitrogens with two attached hydrogens (primary N) is 1. The summed E-state index contributed by atoms with van der Waals surface area (Å²) >= 11 is 0. The summed E-state index contributed by atoms with van der Waals surface area (Å²) in [7, 11) is 0. The Bertz CT molecular complexity index is 624. The quantitative estimate of drug-likeness (QED) is 0.211. The van der Waals surface area contributed by atoms with Crippen LogP contribution in [-0.4, -0.2) is 64.5 Å². The molecule has 3 amide bonds. The van der Waals surface area contributed by atoms with Gasteiger partial charge in [0.2, 0.25) is 17.7 Å². The van der Waals surface area contributed by atoms with Crippen molar-refractivity contribution in [3.63, 3.8) is 0 Å². The summed E-state index contributed by atoms with van der Waals surface area (Å²) in [5.41, 5.74) is 5.57. The Morgan fingerprint density at radius 2 is 1.57 bits per heavy atom. The first-order valence-corrected chi connectivity index (χ1v) is 9.96. The molecule has 172 valence electrons. The Labute approximate surface area is 176 Å². The van der Waals surface area contributed by atoms with Crippen LogP contribution in [0.3, 0.4) is 0 Å². The molecule has 4 atom stereocenters. The van der Waals surface area contributed by atoms with Crippen LogP contribution >= 0.6 is 0 Å². The molecule has 0 aliphatic rings. The molecule has 0 spiro atoms. The summed E-state index contributed by atoms with van der Waals surface area (Å²) in [5, 5.41) is 25.2. The van der Waals surface area contributed by atoms with Gasteiger partial charge in [0.1, 0.15) is 12.1 Å². The van der Waals surface area contributed by atoms with Gasteiger partial charge >= 0.3 is 11.9 Å². The lowest BCUT2D eigenvalue weighted by atomic mass is 9.97. The number of carboxylic acids is 2. The number of rotatable bonds is 14. The van der Waals surface area contributed by atoms with Crippen molar-refractivity contribution in [2.75, 3.05) is 6.54 Å². The van der Waals surface area contributed by atoms with Crippen LogP contribution in [0.25, 0.3) is 0 Å². The van der Waals surface area contributed by atoms with E-state index >= 15 is 0 Å². The van der Waals surface area contributed by atoms with Crippen molar-refractivity contribution in [1.82, 2.24) is 16.0 Å². The van der Waals surface area contributed by atoms with Crippen molar-refractivity contribution < 1.29 is 34.2 Å². The maximum absolute atomic E-state index is 12.6. The number of carboxylic acid groups (broad SMARTS) is 2. The lowest BCUT2D eigenvalue weighted by molar-refractivity contribution is -0.143. The molecular weight excluding hydrogens is 396 g/mol. The molecule has 0 bridgehead atoms. The maximum atomic E-state index is 12.6. The molecule has 11 nitrogen and oxygen atoms in total. The van der Waals surface area contributed by atoms with Crippen molar-refractivity contribution in [3.05, 3.63) is 0 Å². The Morgan fingerprint density at radius 3 is 2.03 bits per heavy atom. The predicted molar refractivity (Wildman–Crippen MR) is 108 cm³/mol.